The first-order valence-electron chi connectivity index (χ1n) is 6.83. The zero-order chi connectivity index (χ0) is 15.1. The SMILES string of the molecule is O=C(Nc1ccnc(C(F)(F)F)n1)C1CC12CCNCC2. The van der Waals surface area contributed by atoms with Crippen LogP contribution < -0.4 is 10.6 Å². The lowest BCUT2D eigenvalue weighted by Gasteiger charge is -2.23. The van der Waals surface area contributed by atoms with Crippen molar-refractivity contribution >= 4 is 11.7 Å². The second kappa shape index (κ2) is 4.94. The van der Waals surface area contributed by atoms with Gasteiger partial charge in [0.1, 0.15) is 5.82 Å². The van der Waals surface area contributed by atoms with E-state index in [1.54, 1.807) is 0 Å². The Bertz CT molecular complexity index is 555. The number of alkyl halides is 3. The number of hydrogen-bond donors (Lipinski definition) is 2. The Labute approximate surface area is 119 Å². The van der Waals surface area contributed by atoms with Gasteiger partial charge < -0.3 is 10.6 Å². The van der Waals surface area contributed by atoms with Crippen LogP contribution in [0, 0.1) is 11.3 Å². The molecule has 1 unspecified atom stereocenters. The van der Waals surface area contributed by atoms with Crippen molar-refractivity contribution in [1.82, 2.24) is 15.3 Å². The molecular weight excluding hydrogens is 285 g/mol. The van der Waals surface area contributed by atoms with E-state index >= 15 is 0 Å². The third-order valence-electron chi connectivity index (χ3n) is 4.27. The standard InChI is InChI=1S/C13H15F3N4O/c14-13(15,16)11-18-4-1-9(20-11)19-10(21)8-7-12(8)2-5-17-6-3-12/h1,4,8,17H,2-3,5-7H2,(H,18,19,20,21). The summed E-state index contributed by atoms with van der Waals surface area (Å²) in [7, 11) is 0. The maximum absolute atomic E-state index is 12.5. The van der Waals surface area contributed by atoms with E-state index < -0.39 is 12.0 Å². The monoisotopic (exact) mass is 300 g/mol. The number of nitrogens with zero attached hydrogens (tertiary/aromatic N) is 2. The highest BCUT2D eigenvalue weighted by Crippen LogP contribution is 2.58. The van der Waals surface area contributed by atoms with E-state index in [4.69, 9.17) is 0 Å². The molecule has 2 aliphatic rings. The quantitative estimate of drug-likeness (QED) is 0.874. The highest BCUT2D eigenvalue weighted by atomic mass is 19.4. The van der Waals surface area contributed by atoms with E-state index in [-0.39, 0.29) is 23.1 Å². The summed E-state index contributed by atoms with van der Waals surface area (Å²) in [6.07, 6.45) is -0.946. The average Bonchev–Trinajstić information content (AvgIpc) is 3.12. The molecule has 1 saturated heterocycles. The Kier molecular flexibility index (Phi) is 3.35. The van der Waals surface area contributed by atoms with Gasteiger partial charge in [0.05, 0.1) is 0 Å². The van der Waals surface area contributed by atoms with Crippen LogP contribution in [-0.4, -0.2) is 29.0 Å². The molecule has 1 saturated carbocycles. The molecule has 0 aromatic carbocycles. The van der Waals surface area contributed by atoms with E-state index in [1.165, 1.54) is 6.07 Å². The summed E-state index contributed by atoms with van der Waals surface area (Å²) in [4.78, 5) is 18.6. The second-order valence-electron chi connectivity index (χ2n) is 5.62. The number of aromatic nitrogens is 2. The first-order valence-corrected chi connectivity index (χ1v) is 6.83. The first kappa shape index (κ1) is 14.2. The van der Waals surface area contributed by atoms with Gasteiger partial charge in [-0.05, 0) is 43.8 Å². The molecule has 1 aliphatic heterocycles. The summed E-state index contributed by atoms with van der Waals surface area (Å²) < 4.78 is 37.6. The van der Waals surface area contributed by atoms with Crippen LogP contribution in [0.2, 0.25) is 0 Å². The van der Waals surface area contributed by atoms with Crippen LogP contribution >= 0.6 is 0 Å². The molecule has 2 heterocycles. The predicted octanol–water partition coefficient (Wildman–Crippen LogP) is 1.82. The summed E-state index contributed by atoms with van der Waals surface area (Å²) in [6, 6.07) is 1.27. The lowest BCUT2D eigenvalue weighted by Crippen LogP contribution is -2.31. The van der Waals surface area contributed by atoms with Crippen molar-refractivity contribution in [2.45, 2.75) is 25.4 Å². The predicted molar refractivity (Wildman–Crippen MR) is 68.3 cm³/mol. The van der Waals surface area contributed by atoms with E-state index in [0.717, 1.165) is 38.5 Å². The van der Waals surface area contributed by atoms with Crippen molar-refractivity contribution in [3.8, 4) is 0 Å². The summed E-state index contributed by atoms with van der Waals surface area (Å²) >= 11 is 0. The summed E-state index contributed by atoms with van der Waals surface area (Å²) in [5.74, 6) is -1.71. The molecule has 5 nitrogen and oxygen atoms in total. The number of rotatable bonds is 2. The second-order valence-corrected chi connectivity index (χ2v) is 5.62. The van der Waals surface area contributed by atoms with E-state index in [2.05, 4.69) is 20.6 Å². The molecule has 3 rings (SSSR count). The van der Waals surface area contributed by atoms with Gasteiger partial charge in [0.15, 0.2) is 0 Å². The molecule has 0 bridgehead atoms. The smallest absolute Gasteiger partial charge is 0.317 e. The molecule has 21 heavy (non-hydrogen) atoms. The third kappa shape index (κ3) is 2.85. The lowest BCUT2D eigenvalue weighted by molar-refractivity contribution is -0.145. The molecule has 1 aromatic heterocycles. The van der Waals surface area contributed by atoms with Gasteiger partial charge in [0, 0.05) is 12.1 Å². The Balaban J connectivity index is 1.66. The molecule has 1 spiro atoms. The number of nitrogens with one attached hydrogen (secondary N) is 2. The number of carbonyl (C=O) groups is 1. The maximum atomic E-state index is 12.5. The molecule has 2 fully saturated rings. The minimum atomic E-state index is -4.61. The Morgan fingerprint density at radius 1 is 1.38 bits per heavy atom. The van der Waals surface area contributed by atoms with Crippen molar-refractivity contribution in [3.63, 3.8) is 0 Å². The van der Waals surface area contributed by atoms with Crippen LogP contribution in [0.25, 0.3) is 0 Å². The van der Waals surface area contributed by atoms with Gasteiger partial charge in [-0.1, -0.05) is 0 Å². The number of piperidine rings is 1. The van der Waals surface area contributed by atoms with E-state index in [9.17, 15) is 18.0 Å². The van der Waals surface area contributed by atoms with Crippen LogP contribution in [-0.2, 0) is 11.0 Å². The van der Waals surface area contributed by atoms with Gasteiger partial charge in [-0.2, -0.15) is 13.2 Å². The molecule has 1 aliphatic carbocycles. The molecule has 1 amide bonds. The molecule has 1 atom stereocenters. The molecular formula is C13H15F3N4O. The molecule has 114 valence electrons. The highest BCUT2D eigenvalue weighted by molar-refractivity contribution is 5.94. The van der Waals surface area contributed by atoms with Gasteiger partial charge >= 0.3 is 6.18 Å². The molecule has 0 radical (unpaired) electrons. The van der Waals surface area contributed by atoms with Gasteiger partial charge in [-0.25, -0.2) is 9.97 Å². The number of carbonyl (C=O) groups excluding carboxylic acids is 1. The number of halogens is 3. The third-order valence-corrected chi connectivity index (χ3v) is 4.27. The van der Waals surface area contributed by atoms with E-state index in [0.29, 0.717) is 0 Å². The number of anilines is 1. The van der Waals surface area contributed by atoms with E-state index in [1.807, 2.05) is 0 Å². The largest absolute Gasteiger partial charge is 0.451 e. The van der Waals surface area contributed by atoms with Crippen LogP contribution in [0.1, 0.15) is 25.1 Å². The highest BCUT2D eigenvalue weighted by Gasteiger charge is 2.57. The van der Waals surface area contributed by atoms with Gasteiger partial charge in [0.25, 0.3) is 0 Å². The van der Waals surface area contributed by atoms with Crippen molar-refractivity contribution in [2.75, 3.05) is 18.4 Å². The fourth-order valence-corrected chi connectivity index (χ4v) is 2.97. The normalized spacial score (nSPS) is 23.9. The van der Waals surface area contributed by atoms with Crippen LogP contribution in [0.15, 0.2) is 12.3 Å². The molecule has 8 heteroatoms. The average molecular weight is 300 g/mol. The topological polar surface area (TPSA) is 66.9 Å². The Morgan fingerprint density at radius 3 is 2.76 bits per heavy atom. The number of amides is 1. The van der Waals surface area contributed by atoms with Gasteiger partial charge in [0.2, 0.25) is 11.7 Å². The lowest BCUT2D eigenvalue weighted by atomic mass is 9.92. The maximum Gasteiger partial charge on any atom is 0.451 e. The van der Waals surface area contributed by atoms with Crippen LogP contribution in [0.4, 0.5) is 19.0 Å². The van der Waals surface area contributed by atoms with Crippen LogP contribution in [0.3, 0.4) is 0 Å². The zero-order valence-corrected chi connectivity index (χ0v) is 11.2. The van der Waals surface area contributed by atoms with Crippen LogP contribution in [0.5, 0.6) is 0 Å². The Hall–Kier alpha value is -1.70. The summed E-state index contributed by atoms with van der Waals surface area (Å²) in [5, 5.41) is 5.71. The zero-order valence-electron chi connectivity index (χ0n) is 11.2. The van der Waals surface area contributed by atoms with Crippen molar-refractivity contribution in [1.29, 1.82) is 0 Å². The summed E-state index contributed by atoms with van der Waals surface area (Å²) in [5.41, 5.74) is 0.0369. The van der Waals surface area contributed by atoms with Crippen molar-refractivity contribution in [3.05, 3.63) is 18.1 Å². The minimum Gasteiger partial charge on any atom is -0.317 e. The Morgan fingerprint density at radius 2 is 2.10 bits per heavy atom. The molecule has 2 N–H and O–H groups in total. The molecule has 1 aromatic rings. The fourth-order valence-electron chi connectivity index (χ4n) is 2.97. The summed E-state index contributed by atoms with van der Waals surface area (Å²) in [6.45, 7) is 1.77. The minimum absolute atomic E-state index is 0.0369. The van der Waals surface area contributed by atoms with Gasteiger partial charge in [-0.15, -0.1) is 0 Å². The first-order chi connectivity index (χ1) is 9.91. The van der Waals surface area contributed by atoms with Crippen molar-refractivity contribution < 1.29 is 18.0 Å². The van der Waals surface area contributed by atoms with Crippen molar-refractivity contribution in [2.24, 2.45) is 11.3 Å². The fraction of sp³-hybridized carbons (Fsp3) is 0.615. The van der Waals surface area contributed by atoms with Gasteiger partial charge in [-0.3, -0.25) is 4.79 Å². The number of hydrogen-bond acceptors (Lipinski definition) is 4.